The first-order chi connectivity index (χ1) is 10.5. The van der Waals surface area contributed by atoms with Crippen molar-refractivity contribution in [1.29, 1.82) is 0 Å². The van der Waals surface area contributed by atoms with Gasteiger partial charge in [0, 0.05) is 5.54 Å². The van der Waals surface area contributed by atoms with Gasteiger partial charge in [-0.05, 0) is 42.0 Å². The predicted molar refractivity (Wildman–Crippen MR) is 97.6 cm³/mol. The standard InChI is InChI=1S/C21H27N/c1-4-16-21(3,22)20-14-12-19(13-15-20)11-10-18-8-6-17(5-2)7-9-18/h6-15H,4-5,16,22H2,1-3H3/b11-10+. The summed E-state index contributed by atoms with van der Waals surface area (Å²) in [6.45, 7) is 6.46. The molecule has 0 spiro atoms. The van der Waals surface area contributed by atoms with Crippen molar-refractivity contribution in [1.82, 2.24) is 0 Å². The summed E-state index contributed by atoms with van der Waals surface area (Å²) in [6, 6.07) is 17.3. The maximum atomic E-state index is 6.37. The molecule has 2 rings (SSSR count). The lowest BCUT2D eigenvalue weighted by Gasteiger charge is -2.24. The maximum absolute atomic E-state index is 6.37. The van der Waals surface area contributed by atoms with Crippen LogP contribution < -0.4 is 5.73 Å². The Morgan fingerprint density at radius 1 is 0.864 bits per heavy atom. The van der Waals surface area contributed by atoms with Gasteiger partial charge in [-0.3, -0.25) is 0 Å². The van der Waals surface area contributed by atoms with Crippen molar-refractivity contribution in [3.05, 3.63) is 70.8 Å². The summed E-state index contributed by atoms with van der Waals surface area (Å²) in [7, 11) is 0. The molecule has 0 radical (unpaired) electrons. The molecule has 2 aromatic carbocycles. The number of hydrogen-bond donors (Lipinski definition) is 1. The summed E-state index contributed by atoms with van der Waals surface area (Å²) in [6.07, 6.45) is 7.50. The Hall–Kier alpha value is -1.86. The number of aryl methyl sites for hydroxylation is 1. The monoisotopic (exact) mass is 293 g/mol. The zero-order valence-electron chi connectivity index (χ0n) is 14.0. The highest BCUT2D eigenvalue weighted by molar-refractivity contribution is 5.69. The Bertz CT molecular complexity index is 603. The lowest BCUT2D eigenvalue weighted by atomic mass is 9.88. The molecule has 1 unspecified atom stereocenters. The molecular formula is C21H27N. The fourth-order valence-corrected chi connectivity index (χ4v) is 2.70. The summed E-state index contributed by atoms with van der Waals surface area (Å²) in [5.41, 5.74) is 11.2. The number of nitrogens with two attached hydrogens (primary N) is 1. The second-order valence-electron chi connectivity index (χ2n) is 6.22. The van der Waals surface area contributed by atoms with Gasteiger partial charge in [-0.25, -0.2) is 0 Å². The van der Waals surface area contributed by atoms with Crippen LogP contribution in [0, 0.1) is 0 Å². The van der Waals surface area contributed by atoms with E-state index >= 15 is 0 Å². The fraction of sp³-hybridized carbons (Fsp3) is 0.333. The molecule has 2 aromatic rings. The zero-order valence-corrected chi connectivity index (χ0v) is 14.0. The largest absolute Gasteiger partial charge is 0.322 e. The molecule has 0 aliphatic carbocycles. The third-order valence-corrected chi connectivity index (χ3v) is 4.20. The molecule has 0 aliphatic heterocycles. The summed E-state index contributed by atoms with van der Waals surface area (Å²) >= 11 is 0. The van der Waals surface area contributed by atoms with Crippen molar-refractivity contribution >= 4 is 12.2 Å². The second kappa shape index (κ2) is 7.42. The molecule has 116 valence electrons. The van der Waals surface area contributed by atoms with Crippen LogP contribution in [0.15, 0.2) is 48.5 Å². The van der Waals surface area contributed by atoms with Crippen LogP contribution in [0.4, 0.5) is 0 Å². The first kappa shape index (κ1) is 16.5. The quantitative estimate of drug-likeness (QED) is 0.710. The van der Waals surface area contributed by atoms with Crippen molar-refractivity contribution in [2.45, 2.75) is 45.6 Å². The van der Waals surface area contributed by atoms with Crippen LogP contribution in [0.25, 0.3) is 12.2 Å². The van der Waals surface area contributed by atoms with Crippen molar-refractivity contribution < 1.29 is 0 Å². The molecule has 0 saturated heterocycles. The Balaban J connectivity index is 2.08. The van der Waals surface area contributed by atoms with Crippen molar-refractivity contribution in [2.24, 2.45) is 5.73 Å². The minimum atomic E-state index is -0.229. The predicted octanol–water partition coefficient (Wildman–Crippen LogP) is 5.39. The van der Waals surface area contributed by atoms with Gasteiger partial charge in [-0.2, -0.15) is 0 Å². The van der Waals surface area contributed by atoms with Gasteiger partial charge >= 0.3 is 0 Å². The van der Waals surface area contributed by atoms with Gasteiger partial charge in [-0.15, -0.1) is 0 Å². The first-order valence-corrected chi connectivity index (χ1v) is 8.21. The topological polar surface area (TPSA) is 26.0 Å². The molecule has 2 N–H and O–H groups in total. The van der Waals surface area contributed by atoms with E-state index in [4.69, 9.17) is 5.73 Å². The Morgan fingerprint density at radius 2 is 1.36 bits per heavy atom. The van der Waals surface area contributed by atoms with Gasteiger partial charge in [0.15, 0.2) is 0 Å². The zero-order chi connectivity index (χ0) is 16.0. The molecule has 22 heavy (non-hydrogen) atoms. The molecule has 0 saturated carbocycles. The number of rotatable bonds is 6. The van der Waals surface area contributed by atoms with Crippen LogP contribution in [0.1, 0.15) is 55.9 Å². The second-order valence-corrected chi connectivity index (χ2v) is 6.22. The van der Waals surface area contributed by atoms with E-state index in [9.17, 15) is 0 Å². The van der Waals surface area contributed by atoms with E-state index < -0.39 is 0 Å². The Labute approximate surface area is 134 Å². The van der Waals surface area contributed by atoms with E-state index in [-0.39, 0.29) is 5.54 Å². The van der Waals surface area contributed by atoms with E-state index in [2.05, 4.69) is 81.5 Å². The molecular weight excluding hydrogens is 266 g/mol. The fourth-order valence-electron chi connectivity index (χ4n) is 2.70. The van der Waals surface area contributed by atoms with Gasteiger partial charge in [-0.1, -0.05) is 81.0 Å². The minimum absolute atomic E-state index is 0.229. The van der Waals surface area contributed by atoms with Crippen LogP contribution in [-0.4, -0.2) is 0 Å². The highest BCUT2D eigenvalue weighted by atomic mass is 14.7. The van der Waals surface area contributed by atoms with E-state index in [1.807, 2.05) is 0 Å². The highest BCUT2D eigenvalue weighted by Gasteiger charge is 2.19. The van der Waals surface area contributed by atoms with Crippen LogP contribution >= 0.6 is 0 Å². The molecule has 0 aliphatic rings. The SMILES string of the molecule is CCCC(C)(N)c1ccc(/C=C/c2ccc(CC)cc2)cc1. The summed E-state index contributed by atoms with van der Waals surface area (Å²) < 4.78 is 0. The third kappa shape index (κ3) is 4.32. The van der Waals surface area contributed by atoms with E-state index in [0.717, 1.165) is 19.3 Å². The highest BCUT2D eigenvalue weighted by Crippen LogP contribution is 2.23. The van der Waals surface area contributed by atoms with Gasteiger partial charge in [0.25, 0.3) is 0 Å². The summed E-state index contributed by atoms with van der Waals surface area (Å²) in [5, 5.41) is 0. The van der Waals surface area contributed by atoms with Crippen LogP contribution in [0.2, 0.25) is 0 Å². The van der Waals surface area contributed by atoms with Crippen LogP contribution in [0.5, 0.6) is 0 Å². The lowest BCUT2D eigenvalue weighted by Crippen LogP contribution is -2.32. The average Bonchev–Trinajstić information content (AvgIpc) is 2.54. The Morgan fingerprint density at radius 3 is 1.82 bits per heavy atom. The molecule has 0 heterocycles. The molecule has 0 aromatic heterocycles. The van der Waals surface area contributed by atoms with Gasteiger partial charge in [0.2, 0.25) is 0 Å². The lowest BCUT2D eigenvalue weighted by molar-refractivity contribution is 0.447. The third-order valence-electron chi connectivity index (χ3n) is 4.20. The van der Waals surface area contributed by atoms with Crippen LogP contribution in [0.3, 0.4) is 0 Å². The van der Waals surface area contributed by atoms with Crippen molar-refractivity contribution in [2.75, 3.05) is 0 Å². The number of benzene rings is 2. The number of hydrogen-bond acceptors (Lipinski definition) is 1. The smallest absolute Gasteiger partial charge is 0.0380 e. The molecule has 0 fully saturated rings. The molecule has 1 heteroatoms. The molecule has 1 atom stereocenters. The maximum Gasteiger partial charge on any atom is 0.0380 e. The van der Waals surface area contributed by atoms with E-state index in [1.54, 1.807) is 0 Å². The van der Waals surface area contributed by atoms with Gasteiger partial charge < -0.3 is 5.73 Å². The minimum Gasteiger partial charge on any atom is -0.322 e. The van der Waals surface area contributed by atoms with E-state index in [0.29, 0.717) is 0 Å². The first-order valence-electron chi connectivity index (χ1n) is 8.21. The summed E-state index contributed by atoms with van der Waals surface area (Å²) in [5.74, 6) is 0. The van der Waals surface area contributed by atoms with Crippen LogP contribution in [-0.2, 0) is 12.0 Å². The van der Waals surface area contributed by atoms with E-state index in [1.165, 1.54) is 22.3 Å². The normalized spacial score (nSPS) is 14.2. The van der Waals surface area contributed by atoms with Gasteiger partial charge in [0.05, 0.1) is 0 Å². The summed E-state index contributed by atoms with van der Waals surface area (Å²) in [4.78, 5) is 0. The molecule has 0 bridgehead atoms. The molecule has 0 amide bonds. The van der Waals surface area contributed by atoms with Crippen molar-refractivity contribution in [3.8, 4) is 0 Å². The molecule has 1 nitrogen and oxygen atoms in total. The van der Waals surface area contributed by atoms with Gasteiger partial charge in [0.1, 0.15) is 0 Å². The average molecular weight is 293 g/mol. The Kier molecular flexibility index (Phi) is 5.57. The van der Waals surface area contributed by atoms with Crippen molar-refractivity contribution in [3.63, 3.8) is 0 Å².